The number of aryl methyl sites for hydroxylation is 6. The molecule has 0 aromatic heterocycles. The molecular formula is C147H120N2. The molecule has 0 fully saturated rings. The molecule has 0 spiro atoms. The van der Waals surface area contributed by atoms with Crippen LogP contribution in [0.4, 0.5) is 34.1 Å². The highest BCUT2D eigenvalue weighted by Crippen LogP contribution is 2.48. The van der Waals surface area contributed by atoms with Gasteiger partial charge in [0, 0.05) is 34.1 Å². The Morgan fingerprint density at radius 1 is 0.128 bits per heavy atom. The van der Waals surface area contributed by atoms with Gasteiger partial charge in [-0.05, 0) is 436 Å². The zero-order valence-electron chi connectivity index (χ0n) is 86.9. The van der Waals surface area contributed by atoms with Crippen LogP contribution in [-0.2, 0) is 0 Å². The average Bonchev–Trinajstić information content (AvgIpc) is 0.775. The van der Waals surface area contributed by atoms with Gasteiger partial charge in [0.05, 0.1) is 0 Å². The summed E-state index contributed by atoms with van der Waals surface area (Å²) < 4.78 is 0. The first-order valence-electron chi connectivity index (χ1n) is 52.7. The van der Waals surface area contributed by atoms with Crippen molar-refractivity contribution in [2.75, 3.05) is 9.80 Å². The van der Waals surface area contributed by atoms with Crippen molar-refractivity contribution in [2.45, 2.75) is 101 Å². The van der Waals surface area contributed by atoms with Gasteiger partial charge in [-0.1, -0.05) is 404 Å². The number of rotatable bonds is 21. The van der Waals surface area contributed by atoms with E-state index in [0.717, 1.165) is 34.1 Å². The van der Waals surface area contributed by atoms with Crippen molar-refractivity contribution >= 4 is 98.8 Å². The minimum atomic E-state index is 0.364. The van der Waals surface area contributed by atoms with Crippen LogP contribution in [0.2, 0.25) is 0 Å². The molecule has 0 saturated heterocycles. The van der Waals surface area contributed by atoms with E-state index in [0.29, 0.717) is 17.8 Å². The van der Waals surface area contributed by atoms with E-state index in [9.17, 15) is 0 Å². The molecule has 0 aliphatic heterocycles. The maximum absolute atomic E-state index is 2.41. The van der Waals surface area contributed by atoms with Gasteiger partial charge in [-0.2, -0.15) is 0 Å². The lowest BCUT2D eigenvalue weighted by Gasteiger charge is -2.27. The Morgan fingerprint density at radius 3 is 0.503 bits per heavy atom. The highest BCUT2D eigenvalue weighted by Gasteiger charge is 2.24. The van der Waals surface area contributed by atoms with E-state index < -0.39 is 0 Å². The third-order valence-electron chi connectivity index (χ3n) is 30.6. The number of benzene rings is 24. The van der Waals surface area contributed by atoms with E-state index >= 15 is 0 Å². The Balaban J connectivity index is 0.000000164. The van der Waals surface area contributed by atoms with Gasteiger partial charge in [-0.15, -0.1) is 0 Å². The van der Waals surface area contributed by atoms with Crippen LogP contribution in [-0.4, -0.2) is 0 Å². The number of hydrogen-bond donors (Lipinski definition) is 0. The molecule has 24 rings (SSSR count). The van der Waals surface area contributed by atoms with Crippen LogP contribution in [0.3, 0.4) is 0 Å². The first kappa shape index (κ1) is 95.0. The van der Waals surface area contributed by atoms with E-state index in [1.165, 1.54) is 248 Å². The molecule has 0 N–H and O–H groups in total. The van der Waals surface area contributed by atoms with Crippen molar-refractivity contribution in [3.8, 4) is 134 Å². The molecule has 2 heteroatoms. The first-order chi connectivity index (χ1) is 72.7. The third-order valence-corrected chi connectivity index (χ3v) is 30.6. The van der Waals surface area contributed by atoms with Crippen molar-refractivity contribution in [3.05, 3.63) is 541 Å². The van der Waals surface area contributed by atoms with Crippen LogP contribution in [0.15, 0.2) is 491 Å². The summed E-state index contributed by atoms with van der Waals surface area (Å²) in [6.07, 6.45) is 0. The van der Waals surface area contributed by atoms with Crippen LogP contribution in [0, 0.1) is 41.5 Å². The highest BCUT2D eigenvalue weighted by molar-refractivity contribution is 5.98. The maximum atomic E-state index is 2.41. The molecule has 0 unspecified atom stereocenters. The maximum Gasteiger partial charge on any atom is 0.0462 e. The zero-order valence-corrected chi connectivity index (χ0v) is 86.9. The number of fused-ring (bicyclic) bond motifs is 6. The van der Waals surface area contributed by atoms with Crippen molar-refractivity contribution in [2.24, 2.45) is 0 Å². The molecule has 24 aromatic rings. The molecule has 0 heterocycles. The summed E-state index contributed by atoms with van der Waals surface area (Å²) in [6, 6.07) is 183. The SMILES string of the molecule is CC(C)c1ccc(-c2ccc3ccccc3c2)cc1-c1ccc(N(c2ccc(-c3cc(-c4ccc5ccccc5c4)ccc3C(C)C)cc2)c2ccc(-c3cc(-c4ccc5ccccc5c4)ccc3C(C)C)cc2)cc1.Cc1ccc2cc(-c3ccc(C)c(-c4ccc(N(c5ccc(-c6cc(-c7ccc8cc(C)ccc8c7)ccc6C)cc5)c5ccc(-c6cc(-c7ccc8cc(C)ccc8c7)ccc6C)cc5)cc4)c3)ccc2c1. The van der Waals surface area contributed by atoms with Crippen LogP contribution in [0.1, 0.15) is 109 Å². The molecule has 24 aromatic carbocycles. The van der Waals surface area contributed by atoms with Gasteiger partial charge in [-0.3, -0.25) is 0 Å². The minimum absolute atomic E-state index is 0.364. The Bertz CT molecular complexity index is 8340. The summed E-state index contributed by atoms with van der Waals surface area (Å²) in [4.78, 5) is 4.80. The molecule has 0 radical (unpaired) electrons. The Morgan fingerprint density at radius 2 is 0.282 bits per heavy atom. The van der Waals surface area contributed by atoms with Gasteiger partial charge in [0.25, 0.3) is 0 Å². The lowest BCUT2D eigenvalue weighted by molar-refractivity contribution is 0.869. The van der Waals surface area contributed by atoms with E-state index in [4.69, 9.17) is 0 Å². The van der Waals surface area contributed by atoms with Crippen molar-refractivity contribution < 1.29 is 0 Å². The Labute approximate surface area is 877 Å². The minimum Gasteiger partial charge on any atom is -0.311 e. The summed E-state index contributed by atoms with van der Waals surface area (Å²) in [5.41, 5.74) is 47.6. The molecular weight excluding hydrogens is 1790 g/mol. The summed E-state index contributed by atoms with van der Waals surface area (Å²) in [6.45, 7) is 26.9. The van der Waals surface area contributed by atoms with Crippen molar-refractivity contribution in [1.29, 1.82) is 0 Å². The molecule has 0 atom stereocenters. The second-order valence-electron chi connectivity index (χ2n) is 41.8. The van der Waals surface area contributed by atoms with Crippen molar-refractivity contribution in [3.63, 3.8) is 0 Å². The molecule has 0 amide bonds. The number of hydrogen-bond acceptors (Lipinski definition) is 2. The van der Waals surface area contributed by atoms with Crippen LogP contribution in [0.5, 0.6) is 0 Å². The third kappa shape index (κ3) is 19.7. The van der Waals surface area contributed by atoms with Gasteiger partial charge in [0.1, 0.15) is 0 Å². The van der Waals surface area contributed by atoms with Gasteiger partial charge < -0.3 is 9.80 Å². The van der Waals surface area contributed by atoms with Gasteiger partial charge in [0.15, 0.2) is 0 Å². The lowest BCUT2D eigenvalue weighted by Crippen LogP contribution is -2.10. The number of anilines is 6. The highest BCUT2D eigenvalue weighted by atomic mass is 15.1. The van der Waals surface area contributed by atoms with Gasteiger partial charge in [-0.25, -0.2) is 0 Å². The summed E-state index contributed by atoms with van der Waals surface area (Å²) in [5, 5.41) is 15.1. The molecule has 2 nitrogen and oxygen atoms in total. The molecule has 0 saturated carbocycles. The first-order valence-corrected chi connectivity index (χ1v) is 52.7. The molecule has 718 valence electrons. The number of nitrogens with zero attached hydrogens (tertiary/aromatic N) is 2. The van der Waals surface area contributed by atoms with Crippen molar-refractivity contribution in [1.82, 2.24) is 0 Å². The quantitative estimate of drug-likeness (QED) is 0.0707. The normalized spacial score (nSPS) is 11.5. The Kier molecular flexibility index (Phi) is 26.0. The van der Waals surface area contributed by atoms with Crippen LogP contribution >= 0.6 is 0 Å². The van der Waals surface area contributed by atoms with Crippen LogP contribution < -0.4 is 9.80 Å². The molecule has 149 heavy (non-hydrogen) atoms. The Hall–Kier alpha value is -17.6. The van der Waals surface area contributed by atoms with E-state index in [1.807, 2.05) is 0 Å². The lowest BCUT2D eigenvalue weighted by atomic mass is 9.88. The predicted octanol–water partition coefficient (Wildman–Crippen LogP) is 42.5. The average molecular weight is 1910 g/mol. The van der Waals surface area contributed by atoms with E-state index in [-0.39, 0.29) is 0 Å². The van der Waals surface area contributed by atoms with E-state index in [1.54, 1.807) is 0 Å². The largest absolute Gasteiger partial charge is 0.311 e. The summed E-state index contributed by atoms with van der Waals surface area (Å²) in [5.74, 6) is 1.09. The van der Waals surface area contributed by atoms with Gasteiger partial charge >= 0.3 is 0 Å². The van der Waals surface area contributed by atoms with Gasteiger partial charge in [0.2, 0.25) is 0 Å². The van der Waals surface area contributed by atoms with E-state index in [2.05, 4.69) is 584 Å². The zero-order chi connectivity index (χ0) is 102. The molecule has 0 aliphatic rings. The molecule has 0 bridgehead atoms. The fourth-order valence-electron chi connectivity index (χ4n) is 22.2. The summed E-state index contributed by atoms with van der Waals surface area (Å²) >= 11 is 0. The smallest absolute Gasteiger partial charge is 0.0462 e. The van der Waals surface area contributed by atoms with Crippen LogP contribution in [0.25, 0.3) is 198 Å². The second kappa shape index (κ2) is 40.8. The standard InChI is InChI=1S/C75H63N.C72H57N/c1-49(2)70-40-31-64(61-22-19-52-13-7-10-16-58(52)43-61)46-73(70)55-25-34-67(35-26-55)76(68-36-27-56(28-37-68)74-47-65(32-41-71(74)50(3)4)62-23-20-53-14-8-11-17-59(53)44-62)69-38-29-57(30-39-69)75-48-66(33-42-72(75)51(5)6)63-24-21-54-15-9-12-18-60(54)45-63;1-46-7-13-58-40-61(22-19-55(58)37-46)64-16-10-49(4)70(43-64)52-25-31-67(32-26-52)73(68-33-27-53(28-34-68)71-44-65(17-11-50(71)5)62-23-20-56-38-47(2)8-14-59(56)41-62)69-35-29-54(30-36-69)72-45-66(18-12-51(72)6)63-24-21-57-39-48(3)9-15-60(57)42-63/h7-51H,1-6H3;7-45H,1-6H3. The second-order valence-corrected chi connectivity index (χ2v) is 41.8. The summed E-state index contributed by atoms with van der Waals surface area (Å²) in [7, 11) is 0. The monoisotopic (exact) mass is 1910 g/mol. The molecule has 0 aliphatic carbocycles. The predicted molar refractivity (Wildman–Crippen MR) is 643 cm³/mol. The fraction of sp³-hybridized carbons (Fsp3) is 0.102. The topological polar surface area (TPSA) is 6.48 Å². The fourth-order valence-corrected chi connectivity index (χ4v) is 22.2.